The Kier molecular flexibility index (Phi) is 6.87. The summed E-state index contributed by atoms with van der Waals surface area (Å²) in [6, 6.07) is 6.71. The normalized spacial score (nSPS) is 35.4. The van der Waals surface area contributed by atoms with Crippen molar-refractivity contribution < 1.29 is 9.59 Å². The topological polar surface area (TPSA) is 49.4 Å². The average Bonchev–Trinajstić information content (AvgIpc) is 3.62. The summed E-state index contributed by atoms with van der Waals surface area (Å²) in [6.07, 6.45) is 10.8. The molecule has 0 aromatic heterocycles. The summed E-state index contributed by atoms with van der Waals surface area (Å²) in [5.74, 6) is 3.19. The smallest absolute Gasteiger partial charge is 0.228 e. The minimum atomic E-state index is -0.0473. The van der Waals surface area contributed by atoms with Gasteiger partial charge in [-0.1, -0.05) is 67.5 Å². The summed E-state index contributed by atoms with van der Waals surface area (Å²) in [4.78, 5) is 29.5. The second-order valence-electron chi connectivity index (χ2n) is 17.1. The molecule has 224 valence electrons. The number of nitrogens with one attached hydrogen (secondary N) is 1. The van der Waals surface area contributed by atoms with E-state index >= 15 is 0 Å². The van der Waals surface area contributed by atoms with Crippen LogP contribution in [0.4, 0.5) is 5.69 Å². The number of benzene rings is 1. The SMILES string of the molecule is CC(C)(C)c1ccc(C(C)(C)C)c(NC(=O)C2CCC3C4CN(CC5CC5)C5=CC(=O)CC[C@]5(C)C4CC[C@]23C)c1. The summed E-state index contributed by atoms with van der Waals surface area (Å²) >= 11 is 0. The van der Waals surface area contributed by atoms with Crippen LogP contribution in [0, 0.1) is 40.4 Å². The van der Waals surface area contributed by atoms with Crippen molar-refractivity contribution in [2.45, 2.75) is 118 Å². The number of rotatable bonds is 4. The van der Waals surface area contributed by atoms with E-state index in [0.717, 1.165) is 50.4 Å². The standard InChI is InChI=1S/C37H54N2O2/c1-34(2,3)24-11-12-29(35(4,5)6)31(19-24)38-33(41)30-14-13-27-26-22-39(21-23-9-10-23)32-20-25(40)15-17-37(32,8)28(26)16-18-36(27,30)7/h11-12,19-20,23,26-28,30H,9-10,13-18,21-22H2,1-8H3,(H,38,41)/t26?,27?,28?,30?,36-,37+/m0/s1. The molecule has 1 aliphatic heterocycles. The van der Waals surface area contributed by atoms with Crippen LogP contribution in [-0.4, -0.2) is 29.7 Å². The molecule has 1 aromatic carbocycles. The highest BCUT2D eigenvalue weighted by molar-refractivity contribution is 5.94. The number of allylic oxidation sites excluding steroid dienone is 2. The van der Waals surface area contributed by atoms with Gasteiger partial charge >= 0.3 is 0 Å². The van der Waals surface area contributed by atoms with E-state index in [0.29, 0.717) is 30.0 Å². The van der Waals surface area contributed by atoms with Crippen molar-refractivity contribution in [3.8, 4) is 0 Å². The summed E-state index contributed by atoms with van der Waals surface area (Å²) in [7, 11) is 0. The van der Waals surface area contributed by atoms with Crippen LogP contribution in [0.2, 0.25) is 0 Å². The lowest BCUT2D eigenvalue weighted by Crippen LogP contribution is -2.58. The molecule has 4 heteroatoms. The lowest BCUT2D eigenvalue weighted by atomic mass is 9.49. The van der Waals surface area contributed by atoms with Crippen molar-refractivity contribution in [2.75, 3.05) is 18.4 Å². The zero-order chi connectivity index (χ0) is 29.5. The van der Waals surface area contributed by atoms with Crippen molar-refractivity contribution in [1.29, 1.82) is 0 Å². The molecule has 0 spiro atoms. The molecule has 4 unspecified atom stereocenters. The van der Waals surface area contributed by atoms with E-state index in [4.69, 9.17) is 0 Å². The lowest BCUT2D eigenvalue weighted by molar-refractivity contribution is -0.130. The predicted octanol–water partition coefficient (Wildman–Crippen LogP) is 8.26. The number of anilines is 1. The van der Waals surface area contributed by atoms with Crippen LogP contribution in [0.1, 0.15) is 118 Å². The van der Waals surface area contributed by atoms with Crippen LogP contribution in [-0.2, 0) is 20.4 Å². The molecule has 0 bridgehead atoms. The van der Waals surface area contributed by atoms with Crippen molar-refractivity contribution in [3.63, 3.8) is 0 Å². The average molecular weight is 559 g/mol. The van der Waals surface area contributed by atoms with Gasteiger partial charge < -0.3 is 10.2 Å². The van der Waals surface area contributed by atoms with Gasteiger partial charge in [0.25, 0.3) is 0 Å². The molecule has 4 fully saturated rings. The highest BCUT2D eigenvalue weighted by Crippen LogP contribution is 2.65. The fourth-order valence-corrected chi connectivity index (χ4v) is 9.62. The van der Waals surface area contributed by atoms with Gasteiger partial charge in [0.05, 0.1) is 0 Å². The minimum Gasteiger partial charge on any atom is -0.374 e. The van der Waals surface area contributed by atoms with E-state index in [9.17, 15) is 9.59 Å². The molecular formula is C37H54N2O2. The van der Waals surface area contributed by atoms with E-state index < -0.39 is 0 Å². The largest absolute Gasteiger partial charge is 0.374 e. The van der Waals surface area contributed by atoms with Gasteiger partial charge in [-0.2, -0.15) is 0 Å². The number of nitrogens with zero attached hydrogens (tertiary/aromatic N) is 1. The number of carbonyl (C=O) groups is 2. The van der Waals surface area contributed by atoms with Gasteiger partial charge in [0.2, 0.25) is 5.91 Å². The monoisotopic (exact) mass is 558 g/mol. The Morgan fingerprint density at radius 3 is 2.34 bits per heavy atom. The van der Waals surface area contributed by atoms with Crippen molar-refractivity contribution >= 4 is 17.4 Å². The number of hydrogen-bond donors (Lipinski definition) is 1. The molecule has 1 saturated heterocycles. The van der Waals surface area contributed by atoms with Gasteiger partial charge in [0.1, 0.15) is 0 Å². The molecule has 41 heavy (non-hydrogen) atoms. The maximum Gasteiger partial charge on any atom is 0.228 e. The fourth-order valence-electron chi connectivity index (χ4n) is 9.62. The summed E-state index contributed by atoms with van der Waals surface area (Å²) < 4.78 is 0. The number of amides is 1. The van der Waals surface area contributed by atoms with Crippen LogP contribution >= 0.6 is 0 Å². The molecule has 1 aromatic rings. The third-order valence-corrected chi connectivity index (χ3v) is 12.2. The molecule has 1 N–H and O–H groups in total. The van der Waals surface area contributed by atoms with Crippen LogP contribution in [0.15, 0.2) is 30.0 Å². The van der Waals surface area contributed by atoms with E-state index in [2.05, 4.69) is 83.8 Å². The third kappa shape index (κ3) is 4.99. The summed E-state index contributed by atoms with van der Waals surface area (Å²) in [5, 5.41) is 3.51. The van der Waals surface area contributed by atoms with Crippen molar-refractivity contribution in [2.24, 2.45) is 40.4 Å². The first-order chi connectivity index (χ1) is 19.1. The highest BCUT2D eigenvalue weighted by Gasteiger charge is 2.61. The summed E-state index contributed by atoms with van der Waals surface area (Å²) in [6.45, 7) is 20.6. The highest BCUT2D eigenvalue weighted by atomic mass is 16.2. The molecular weight excluding hydrogens is 504 g/mol. The third-order valence-electron chi connectivity index (χ3n) is 12.2. The van der Waals surface area contributed by atoms with E-state index in [-0.39, 0.29) is 33.5 Å². The number of likely N-dealkylation sites (tertiary alicyclic amines) is 1. The number of carbonyl (C=O) groups excluding carboxylic acids is 2. The first kappa shape index (κ1) is 29.0. The maximum atomic E-state index is 14.3. The Balaban J connectivity index is 1.28. The molecule has 3 saturated carbocycles. The molecule has 1 amide bonds. The first-order valence-corrected chi connectivity index (χ1v) is 16.6. The van der Waals surface area contributed by atoms with Crippen LogP contribution in [0.25, 0.3) is 0 Å². The molecule has 1 heterocycles. The Labute approximate surface area is 249 Å². The van der Waals surface area contributed by atoms with Crippen LogP contribution in [0.3, 0.4) is 0 Å². The van der Waals surface area contributed by atoms with Crippen LogP contribution in [0.5, 0.6) is 0 Å². The zero-order valence-electron chi connectivity index (χ0n) is 27.0. The van der Waals surface area contributed by atoms with Gasteiger partial charge in [-0.05, 0) is 102 Å². The second kappa shape index (κ2) is 9.71. The zero-order valence-corrected chi connectivity index (χ0v) is 27.0. The maximum absolute atomic E-state index is 14.3. The number of ketones is 1. The van der Waals surface area contributed by atoms with Gasteiger partial charge in [-0.25, -0.2) is 0 Å². The molecule has 6 atom stereocenters. The quantitative estimate of drug-likeness (QED) is 0.405. The fraction of sp³-hybridized carbons (Fsp3) is 0.730. The van der Waals surface area contributed by atoms with E-state index in [1.54, 1.807) is 0 Å². The first-order valence-electron chi connectivity index (χ1n) is 16.6. The number of hydrogen-bond acceptors (Lipinski definition) is 3. The number of piperidine rings is 1. The Hall–Kier alpha value is -2.10. The van der Waals surface area contributed by atoms with Gasteiger partial charge in [0, 0.05) is 48.3 Å². The van der Waals surface area contributed by atoms with Crippen molar-refractivity contribution in [1.82, 2.24) is 4.90 Å². The van der Waals surface area contributed by atoms with Gasteiger partial charge in [-0.3, -0.25) is 9.59 Å². The Bertz CT molecular complexity index is 1260. The molecule has 5 aliphatic rings. The van der Waals surface area contributed by atoms with Gasteiger partial charge in [0.15, 0.2) is 5.78 Å². The Morgan fingerprint density at radius 2 is 1.68 bits per heavy atom. The molecule has 6 rings (SSSR count). The second-order valence-corrected chi connectivity index (χ2v) is 17.1. The molecule has 4 nitrogen and oxygen atoms in total. The van der Waals surface area contributed by atoms with Crippen LogP contribution < -0.4 is 5.32 Å². The molecule has 4 aliphatic carbocycles. The lowest BCUT2D eigenvalue weighted by Gasteiger charge is -2.61. The summed E-state index contributed by atoms with van der Waals surface area (Å²) in [5.41, 5.74) is 4.93. The predicted molar refractivity (Wildman–Crippen MR) is 168 cm³/mol. The minimum absolute atomic E-state index is 0.0270. The van der Waals surface area contributed by atoms with E-state index in [1.807, 2.05) is 6.08 Å². The van der Waals surface area contributed by atoms with Crippen molar-refractivity contribution in [3.05, 3.63) is 41.1 Å². The van der Waals surface area contributed by atoms with E-state index in [1.165, 1.54) is 36.1 Å². The van der Waals surface area contributed by atoms with Gasteiger partial charge in [-0.15, -0.1) is 0 Å². The Morgan fingerprint density at radius 1 is 0.951 bits per heavy atom. The number of fused-ring (bicyclic) bond motifs is 5. The molecule has 0 radical (unpaired) electrons.